The van der Waals surface area contributed by atoms with E-state index >= 15 is 0 Å². The number of hydrogen-bond acceptors (Lipinski definition) is 2. The van der Waals surface area contributed by atoms with Crippen molar-refractivity contribution in [2.45, 2.75) is 25.3 Å². The zero-order valence-electron chi connectivity index (χ0n) is 8.76. The Balaban J connectivity index is 2.40. The number of anilines is 1. The van der Waals surface area contributed by atoms with Crippen molar-refractivity contribution in [3.05, 3.63) is 29.3 Å². The minimum absolute atomic E-state index is 0.141. The lowest BCUT2D eigenvalue weighted by atomic mass is 9.99. The van der Waals surface area contributed by atoms with Crippen molar-refractivity contribution >= 4 is 11.6 Å². The summed E-state index contributed by atoms with van der Waals surface area (Å²) in [5.41, 5.74) is 6.31. The number of alkyl halides is 2. The fourth-order valence-electron chi connectivity index (χ4n) is 1.70. The van der Waals surface area contributed by atoms with E-state index < -0.39 is 12.0 Å². The quantitative estimate of drug-likeness (QED) is 0.805. The summed E-state index contributed by atoms with van der Waals surface area (Å²) in [7, 11) is 0. The van der Waals surface area contributed by atoms with Crippen molar-refractivity contribution in [2.75, 3.05) is 5.32 Å². The minimum atomic E-state index is -3.07. The molecule has 1 unspecified atom stereocenters. The van der Waals surface area contributed by atoms with Gasteiger partial charge in [-0.05, 0) is 24.6 Å². The second-order valence-electron chi connectivity index (χ2n) is 4.01. The number of rotatable bonds is 2. The Hall–Kier alpha value is -1.49. The van der Waals surface area contributed by atoms with Crippen LogP contribution in [0.2, 0.25) is 0 Å². The number of hydrogen-bond donors (Lipinski definition) is 2. The third-order valence-electron chi connectivity index (χ3n) is 2.69. The summed E-state index contributed by atoms with van der Waals surface area (Å²) < 4.78 is 27.2. The Bertz CT molecular complexity index is 444. The van der Waals surface area contributed by atoms with Crippen LogP contribution in [-0.4, -0.2) is 11.9 Å². The van der Waals surface area contributed by atoms with Crippen LogP contribution in [0.15, 0.2) is 18.2 Å². The summed E-state index contributed by atoms with van der Waals surface area (Å²) in [5.74, 6) is -3.24. The molecule has 0 aliphatic carbocycles. The molecule has 1 aliphatic rings. The molecule has 0 aromatic heterocycles. The van der Waals surface area contributed by atoms with Gasteiger partial charge in [0.2, 0.25) is 5.91 Å². The number of carbonyl (C=O) groups excluding carboxylic acids is 1. The van der Waals surface area contributed by atoms with E-state index in [1.807, 2.05) is 0 Å². The maximum absolute atomic E-state index is 13.6. The van der Waals surface area contributed by atoms with Gasteiger partial charge in [0.25, 0.3) is 5.92 Å². The second kappa shape index (κ2) is 3.52. The number of nitrogens with one attached hydrogen (secondary N) is 1. The van der Waals surface area contributed by atoms with Gasteiger partial charge in [-0.1, -0.05) is 6.07 Å². The van der Waals surface area contributed by atoms with E-state index in [4.69, 9.17) is 5.73 Å². The Kier molecular flexibility index (Phi) is 2.42. The lowest BCUT2D eigenvalue weighted by molar-refractivity contribution is -0.115. The van der Waals surface area contributed by atoms with Gasteiger partial charge in [0.15, 0.2) is 0 Å². The van der Waals surface area contributed by atoms with E-state index in [9.17, 15) is 13.6 Å². The number of fused-ring (bicyclic) bond motifs is 1. The molecule has 16 heavy (non-hydrogen) atoms. The topological polar surface area (TPSA) is 55.1 Å². The summed E-state index contributed by atoms with van der Waals surface area (Å²) in [4.78, 5) is 11.1. The zero-order valence-corrected chi connectivity index (χ0v) is 8.76. The van der Waals surface area contributed by atoms with E-state index in [1.54, 1.807) is 0 Å². The van der Waals surface area contributed by atoms with E-state index in [-0.39, 0.29) is 17.9 Å². The van der Waals surface area contributed by atoms with Crippen LogP contribution in [0.5, 0.6) is 0 Å². The summed E-state index contributed by atoms with van der Waals surface area (Å²) in [6, 6.07) is 2.88. The van der Waals surface area contributed by atoms with Crippen LogP contribution in [0.3, 0.4) is 0 Å². The summed E-state index contributed by atoms with van der Waals surface area (Å²) in [5, 5.41) is 2.59. The lowest BCUT2D eigenvalue weighted by Gasteiger charge is -2.21. The molecule has 0 saturated heterocycles. The zero-order chi connectivity index (χ0) is 11.9. The van der Waals surface area contributed by atoms with Crippen LogP contribution in [0, 0.1) is 0 Å². The van der Waals surface area contributed by atoms with E-state index in [1.165, 1.54) is 25.1 Å². The Labute approximate surface area is 91.6 Å². The lowest BCUT2D eigenvalue weighted by Crippen LogP contribution is -2.35. The molecule has 1 aromatic rings. The molecule has 5 heteroatoms. The Morgan fingerprint density at radius 2 is 2.19 bits per heavy atom. The first-order valence-corrected chi connectivity index (χ1v) is 4.98. The molecule has 2 rings (SSSR count). The second-order valence-corrected chi connectivity index (χ2v) is 4.01. The van der Waals surface area contributed by atoms with Crippen LogP contribution in [0.25, 0.3) is 0 Å². The number of benzene rings is 1. The first-order valence-electron chi connectivity index (χ1n) is 4.98. The highest BCUT2D eigenvalue weighted by atomic mass is 19.3. The highest BCUT2D eigenvalue weighted by Gasteiger charge is 2.37. The maximum atomic E-state index is 13.6. The van der Waals surface area contributed by atoms with E-state index in [0.29, 0.717) is 11.3 Å². The minimum Gasteiger partial charge on any atom is -0.326 e. The van der Waals surface area contributed by atoms with Crippen LogP contribution in [0.1, 0.15) is 18.1 Å². The predicted molar refractivity (Wildman–Crippen MR) is 56.3 cm³/mol. The molecular weight excluding hydrogens is 214 g/mol. The molecule has 0 spiro atoms. The number of amides is 1. The molecule has 0 saturated carbocycles. The van der Waals surface area contributed by atoms with Crippen molar-refractivity contribution in [3.8, 4) is 0 Å². The fraction of sp³-hybridized carbons (Fsp3) is 0.364. The third-order valence-corrected chi connectivity index (χ3v) is 2.69. The predicted octanol–water partition coefficient (Wildman–Crippen LogP) is 1.62. The monoisotopic (exact) mass is 226 g/mol. The van der Waals surface area contributed by atoms with Gasteiger partial charge in [0.05, 0.1) is 12.5 Å². The largest absolute Gasteiger partial charge is 0.326 e. The first-order chi connectivity index (χ1) is 7.41. The Morgan fingerprint density at radius 1 is 1.50 bits per heavy atom. The molecule has 0 radical (unpaired) electrons. The number of carbonyl (C=O) groups is 1. The van der Waals surface area contributed by atoms with E-state index in [2.05, 4.69) is 5.32 Å². The van der Waals surface area contributed by atoms with Gasteiger partial charge in [-0.15, -0.1) is 0 Å². The van der Waals surface area contributed by atoms with Gasteiger partial charge in [-0.3, -0.25) is 4.79 Å². The van der Waals surface area contributed by atoms with E-state index in [0.717, 1.165) is 0 Å². The molecule has 1 amide bonds. The number of nitrogens with two attached hydrogens (primary N) is 1. The van der Waals surface area contributed by atoms with Crippen LogP contribution < -0.4 is 11.1 Å². The first kappa shape index (κ1) is 11.0. The number of halogens is 2. The molecule has 1 aromatic carbocycles. The summed E-state index contributed by atoms with van der Waals surface area (Å²) in [6.45, 7) is 1.26. The van der Waals surface area contributed by atoms with Crippen LogP contribution >= 0.6 is 0 Å². The van der Waals surface area contributed by atoms with Crippen LogP contribution in [-0.2, 0) is 17.1 Å². The standard InChI is InChI=1S/C11H12F2N2O/c1-6(14)11(12,13)8-2-3-9-7(4-8)5-10(16)15-9/h2-4,6H,5,14H2,1H3,(H,15,16). The fourth-order valence-corrected chi connectivity index (χ4v) is 1.70. The molecule has 3 nitrogen and oxygen atoms in total. The van der Waals surface area contributed by atoms with Crippen molar-refractivity contribution in [1.82, 2.24) is 0 Å². The van der Waals surface area contributed by atoms with Crippen LogP contribution in [0.4, 0.5) is 14.5 Å². The van der Waals surface area contributed by atoms with Gasteiger partial charge >= 0.3 is 0 Å². The van der Waals surface area contributed by atoms with Gasteiger partial charge in [-0.2, -0.15) is 8.78 Å². The van der Waals surface area contributed by atoms with Gasteiger partial charge in [0.1, 0.15) is 0 Å². The summed E-state index contributed by atoms with van der Waals surface area (Å²) in [6.07, 6.45) is 0.151. The molecule has 1 heterocycles. The van der Waals surface area contributed by atoms with Crippen molar-refractivity contribution in [3.63, 3.8) is 0 Å². The molecule has 1 atom stereocenters. The molecule has 1 aliphatic heterocycles. The molecule has 3 N–H and O–H groups in total. The van der Waals surface area contributed by atoms with Crippen molar-refractivity contribution < 1.29 is 13.6 Å². The third kappa shape index (κ3) is 1.67. The summed E-state index contributed by atoms with van der Waals surface area (Å²) >= 11 is 0. The maximum Gasteiger partial charge on any atom is 0.287 e. The highest BCUT2D eigenvalue weighted by Crippen LogP contribution is 2.34. The SMILES string of the molecule is CC(N)C(F)(F)c1ccc2c(c1)CC(=O)N2. The average molecular weight is 226 g/mol. The van der Waals surface area contributed by atoms with Crippen molar-refractivity contribution in [2.24, 2.45) is 5.73 Å². The van der Waals surface area contributed by atoms with Gasteiger partial charge < -0.3 is 11.1 Å². The van der Waals surface area contributed by atoms with Gasteiger partial charge in [0, 0.05) is 11.3 Å². The molecule has 0 bridgehead atoms. The average Bonchev–Trinajstić information content (AvgIpc) is 2.56. The Morgan fingerprint density at radius 3 is 2.81 bits per heavy atom. The smallest absolute Gasteiger partial charge is 0.287 e. The molecule has 86 valence electrons. The molecule has 0 fully saturated rings. The molecular formula is C11H12F2N2O. The van der Waals surface area contributed by atoms with Gasteiger partial charge in [-0.25, -0.2) is 0 Å². The van der Waals surface area contributed by atoms with Crippen molar-refractivity contribution in [1.29, 1.82) is 0 Å². The highest BCUT2D eigenvalue weighted by molar-refractivity contribution is 5.99. The normalized spacial score (nSPS) is 16.9.